The van der Waals surface area contributed by atoms with E-state index in [1.54, 1.807) is 4.90 Å². The van der Waals surface area contributed by atoms with Crippen LogP contribution in [0.4, 0.5) is 0 Å². The molecule has 3 aliphatic rings. The lowest BCUT2D eigenvalue weighted by atomic mass is 9.94. The Morgan fingerprint density at radius 2 is 1.96 bits per heavy atom. The Kier molecular flexibility index (Phi) is 4.14. The van der Waals surface area contributed by atoms with Gasteiger partial charge < -0.3 is 14.8 Å². The number of hydrogen-bond acceptors (Lipinski definition) is 4. The molecule has 2 heterocycles. The van der Waals surface area contributed by atoms with Crippen LogP contribution in [0.2, 0.25) is 0 Å². The van der Waals surface area contributed by atoms with Gasteiger partial charge in [-0.05, 0) is 37.2 Å². The summed E-state index contributed by atoms with van der Waals surface area (Å²) in [4.78, 5) is 14.6. The van der Waals surface area contributed by atoms with E-state index < -0.39 is 0 Å². The molecule has 0 unspecified atom stereocenters. The number of benzene rings is 1. The zero-order valence-corrected chi connectivity index (χ0v) is 14.2. The quantitative estimate of drug-likeness (QED) is 0.660. The summed E-state index contributed by atoms with van der Waals surface area (Å²) in [6.07, 6.45) is 7.43. The second-order valence-electron chi connectivity index (χ2n) is 6.33. The van der Waals surface area contributed by atoms with Gasteiger partial charge in [0.05, 0.1) is 0 Å². The number of thiocarbonyl (C=S) groups is 1. The van der Waals surface area contributed by atoms with E-state index in [0.717, 1.165) is 31.2 Å². The van der Waals surface area contributed by atoms with Gasteiger partial charge in [-0.3, -0.25) is 9.69 Å². The van der Waals surface area contributed by atoms with E-state index in [2.05, 4.69) is 5.32 Å². The molecule has 1 aromatic carbocycles. The molecule has 1 saturated carbocycles. The van der Waals surface area contributed by atoms with Crippen LogP contribution < -0.4 is 14.8 Å². The molecule has 0 bridgehead atoms. The van der Waals surface area contributed by atoms with Gasteiger partial charge in [0, 0.05) is 11.6 Å². The Morgan fingerprint density at radius 1 is 1.17 bits per heavy atom. The van der Waals surface area contributed by atoms with E-state index >= 15 is 0 Å². The monoisotopic (exact) mass is 344 g/mol. The van der Waals surface area contributed by atoms with Gasteiger partial charge in [-0.2, -0.15) is 0 Å². The summed E-state index contributed by atoms with van der Waals surface area (Å²) in [5.41, 5.74) is 1.34. The van der Waals surface area contributed by atoms with Gasteiger partial charge in [-0.15, -0.1) is 0 Å². The number of amides is 1. The van der Waals surface area contributed by atoms with Gasteiger partial charge >= 0.3 is 0 Å². The summed E-state index contributed by atoms with van der Waals surface area (Å²) >= 11 is 5.41. The Hall–Kier alpha value is -2.08. The van der Waals surface area contributed by atoms with Crippen molar-refractivity contribution in [1.29, 1.82) is 0 Å². The van der Waals surface area contributed by atoms with Gasteiger partial charge in [0.2, 0.25) is 0 Å². The SMILES string of the molecule is O=C1/C(=C/c2cccc3c2OCCO3)NC(=S)N1C1CCCCC1. The Labute approximate surface area is 146 Å². The van der Waals surface area contributed by atoms with Crippen LogP contribution in [0.15, 0.2) is 23.9 Å². The number of rotatable bonds is 2. The molecular weight excluding hydrogens is 324 g/mol. The zero-order valence-electron chi connectivity index (χ0n) is 13.4. The maximum Gasteiger partial charge on any atom is 0.276 e. The lowest BCUT2D eigenvalue weighted by molar-refractivity contribution is -0.124. The van der Waals surface area contributed by atoms with Crippen molar-refractivity contribution in [2.75, 3.05) is 13.2 Å². The van der Waals surface area contributed by atoms with Crippen LogP contribution in [0.5, 0.6) is 11.5 Å². The fourth-order valence-corrected chi connectivity index (χ4v) is 3.93. The third-order valence-corrected chi connectivity index (χ3v) is 5.04. The van der Waals surface area contributed by atoms with Crippen molar-refractivity contribution in [3.8, 4) is 11.5 Å². The maximum atomic E-state index is 12.8. The number of nitrogens with one attached hydrogen (secondary N) is 1. The maximum absolute atomic E-state index is 12.8. The first-order chi connectivity index (χ1) is 11.7. The van der Waals surface area contributed by atoms with Crippen LogP contribution in [-0.2, 0) is 4.79 Å². The van der Waals surface area contributed by atoms with Crippen LogP contribution >= 0.6 is 12.2 Å². The van der Waals surface area contributed by atoms with Crippen LogP contribution in [0.3, 0.4) is 0 Å². The van der Waals surface area contributed by atoms with E-state index in [9.17, 15) is 4.79 Å². The smallest absolute Gasteiger partial charge is 0.276 e. The first kappa shape index (κ1) is 15.4. The van der Waals surface area contributed by atoms with E-state index in [1.807, 2.05) is 24.3 Å². The van der Waals surface area contributed by atoms with E-state index in [0.29, 0.717) is 35.5 Å². The summed E-state index contributed by atoms with van der Waals surface area (Å²) in [6, 6.07) is 5.92. The van der Waals surface area contributed by atoms with Crippen molar-refractivity contribution in [1.82, 2.24) is 10.2 Å². The van der Waals surface area contributed by atoms with Crippen molar-refractivity contribution in [3.05, 3.63) is 29.5 Å². The number of hydrogen-bond donors (Lipinski definition) is 1. The minimum atomic E-state index is -0.0405. The van der Waals surface area contributed by atoms with Crippen molar-refractivity contribution in [3.63, 3.8) is 0 Å². The fraction of sp³-hybridized carbons (Fsp3) is 0.444. The molecule has 2 aliphatic heterocycles. The van der Waals surface area contributed by atoms with Crippen LogP contribution in [-0.4, -0.2) is 35.2 Å². The molecule has 0 spiro atoms. The molecule has 1 N–H and O–H groups in total. The van der Waals surface area contributed by atoms with Crippen molar-refractivity contribution in [2.24, 2.45) is 0 Å². The third kappa shape index (κ3) is 2.75. The van der Waals surface area contributed by atoms with Gasteiger partial charge in [0.15, 0.2) is 16.6 Å². The number of nitrogens with zero attached hydrogens (tertiary/aromatic N) is 1. The largest absolute Gasteiger partial charge is 0.486 e. The summed E-state index contributed by atoms with van der Waals surface area (Å²) in [6.45, 7) is 1.06. The average molecular weight is 344 g/mol. The van der Waals surface area contributed by atoms with E-state index in [4.69, 9.17) is 21.7 Å². The topological polar surface area (TPSA) is 50.8 Å². The summed E-state index contributed by atoms with van der Waals surface area (Å²) in [5, 5.41) is 3.59. The number of fused-ring (bicyclic) bond motifs is 1. The molecule has 1 aromatic rings. The Bertz CT molecular complexity index is 710. The number of carbonyl (C=O) groups is 1. The standard InChI is InChI=1S/C18H20N2O3S/c21-17-14(19-18(24)20(17)13-6-2-1-3-7-13)11-12-5-4-8-15-16(12)23-10-9-22-15/h4-5,8,11,13H,1-3,6-7,9-10H2,(H,19,24)/b14-11-. The molecular formula is C18H20N2O3S. The van der Waals surface area contributed by atoms with Crippen LogP contribution in [0, 0.1) is 0 Å². The summed E-state index contributed by atoms with van der Waals surface area (Å²) in [5.74, 6) is 1.36. The van der Waals surface area contributed by atoms with Gasteiger partial charge in [0.25, 0.3) is 5.91 Å². The first-order valence-electron chi connectivity index (χ1n) is 8.49. The highest BCUT2D eigenvalue weighted by atomic mass is 32.1. The van der Waals surface area contributed by atoms with Gasteiger partial charge in [-0.25, -0.2) is 0 Å². The van der Waals surface area contributed by atoms with Gasteiger partial charge in [-0.1, -0.05) is 31.4 Å². The summed E-state index contributed by atoms with van der Waals surface area (Å²) in [7, 11) is 0. The van der Waals surface area contributed by atoms with Crippen molar-refractivity contribution < 1.29 is 14.3 Å². The molecule has 2 fully saturated rings. The Balaban J connectivity index is 1.62. The van der Waals surface area contributed by atoms with Gasteiger partial charge in [0.1, 0.15) is 18.9 Å². The van der Waals surface area contributed by atoms with E-state index in [-0.39, 0.29) is 11.9 Å². The molecule has 4 rings (SSSR count). The second-order valence-corrected chi connectivity index (χ2v) is 6.71. The highest BCUT2D eigenvalue weighted by Crippen LogP contribution is 2.35. The second kappa shape index (κ2) is 6.43. The molecule has 24 heavy (non-hydrogen) atoms. The lowest BCUT2D eigenvalue weighted by Crippen LogP contribution is -2.41. The predicted molar refractivity (Wildman–Crippen MR) is 94.9 cm³/mol. The lowest BCUT2D eigenvalue weighted by Gasteiger charge is -2.29. The highest BCUT2D eigenvalue weighted by molar-refractivity contribution is 7.80. The van der Waals surface area contributed by atoms with Crippen molar-refractivity contribution in [2.45, 2.75) is 38.1 Å². The van der Waals surface area contributed by atoms with E-state index in [1.165, 1.54) is 6.42 Å². The molecule has 1 saturated heterocycles. The molecule has 1 aliphatic carbocycles. The first-order valence-corrected chi connectivity index (χ1v) is 8.90. The Morgan fingerprint density at radius 3 is 2.79 bits per heavy atom. The third-order valence-electron chi connectivity index (χ3n) is 4.75. The molecule has 1 amide bonds. The molecule has 126 valence electrons. The van der Waals surface area contributed by atoms with Crippen molar-refractivity contribution >= 4 is 29.3 Å². The minimum Gasteiger partial charge on any atom is -0.486 e. The fourth-order valence-electron chi connectivity index (χ4n) is 3.59. The average Bonchev–Trinajstić information content (AvgIpc) is 2.90. The number of carbonyl (C=O) groups excluding carboxylic acids is 1. The molecule has 6 heteroatoms. The van der Waals surface area contributed by atoms with Crippen LogP contribution in [0.1, 0.15) is 37.7 Å². The predicted octanol–water partition coefficient (Wildman–Crippen LogP) is 2.85. The molecule has 5 nitrogen and oxygen atoms in total. The zero-order chi connectivity index (χ0) is 16.5. The summed E-state index contributed by atoms with van der Waals surface area (Å²) < 4.78 is 11.3. The molecule has 0 atom stereocenters. The highest BCUT2D eigenvalue weighted by Gasteiger charge is 2.36. The number of ether oxygens (including phenoxy) is 2. The normalized spacial score (nSPS) is 22.8. The number of para-hydroxylation sites is 1. The molecule has 0 radical (unpaired) electrons. The minimum absolute atomic E-state index is 0.0405. The van der Waals surface area contributed by atoms with Crippen LogP contribution in [0.25, 0.3) is 6.08 Å². The molecule has 0 aromatic heterocycles.